The SMILES string of the molecule is CCOC(=O)CC(=O)Cn1ncc(N(C)CC)cc1=O. The number of carbonyl (C=O) groups is 2. The number of hydrogen-bond donors (Lipinski definition) is 0. The lowest BCUT2D eigenvalue weighted by Gasteiger charge is -2.16. The Bertz CT molecular complexity index is 539. The predicted octanol–water partition coefficient (Wildman–Crippen LogP) is 0.222. The number of hydrogen-bond acceptors (Lipinski definition) is 6. The van der Waals surface area contributed by atoms with E-state index < -0.39 is 11.8 Å². The number of Topliss-reactive ketones (excluding diaryl/α,β-unsaturated/α-hetero) is 1. The van der Waals surface area contributed by atoms with Gasteiger partial charge in [-0.1, -0.05) is 0 Å². The van der Waals surface area contributed by atoms with Gasteiger partial charge in [-0.05, 0) is 13.8 Å². The lowest BCUT2D eigenvalue weighted by atomic mass is 10.3. The van der Waals surface area contributed by atoms with Crippen molar-refractivity contribution >= 4 is 17.4 Å². The Morgan fingerprint density at radius 3 is 2.65 bits per heavy atom. The van der Waals surface area contributed by atoms with E-state index >= 15 is 0 Å². The monoisotopic (exact) mass is 281 g/mol. The number of anilines is 1. The third kappa shape index (κ3) is 4.49. The summed E-state index contributed by atoms with van der Waals surface area (Å²) >= 11 is 0. The third-order valence-electron chi connectivity index (χ3n) is 2.74. The van der Waals surface area contributed by atoms with E-state index in [0.717, 1.165) is 11.2 Å². The standard InChI is InChI=1S/C13H19N3O4/c1-4-15(3)10-6-12(18)16(14-8-10)9-11(17)7-13(19)20-5-2/h6,8H,4-5,7,9H2,1-3H3. The summed E-state index contributed by atoms with van der Waals surface area (Å²) in [6, 6.07) is 1.41. The Labute approximate surface area is 117 Å². The summed E-state index contributed by atoms with van der Waals surface area (Å²) in [6.45, 7) is 4.36. The largest absolute Gasteiger partial charge is 0.466 e. The quantitative estimate of drug-likeness (QED) is 0.525. The van der Waals surface area contributed by atoms with E-state index in [-0.39, 0.29) is 25.1 Å². The molecule has 1 heterocycles. The summed E-state index contributed by atoms with van der Waals surface area (Å²) in [4.78, 5) is 36.4. The highest BCUT2D eigenvalue weighted by Crippen LogP contribution is 2.05. The lowest BCUT2D eigenvalue weighted by Crippen LogP contribution is -2.29. The first-order valence-corrected chi connectivity index (χ1v) is 6.43. The molecular formula is C13H19N3O4. The van der Waals surface area contributed by atoms with Gasteiger partial charge in [-0.3, -0.25) is 14.4 Å². The van der Waals surface area contributed by atoms with Crippen molar-refractivity contribution in [1.82, 2.24) is 9.78 Å². The molecule has 110 valence electrons. The van der Waals surface area contributed by atoms with Crippen LogP contribution >= 0.6 is 0 Å². The van der Waals surface area contributed by atoms with E-state index in [1.54, 1.807) is 6.92 Å². The van der Waals surface area contributed by atoms with Crippen LogP contribution in [0.1, 0.15) is 20.3 Å². The van der Waals surface area contributed by atoms with Crippen LogP contribution in [0, 0.1) is 0 Å². The Morgan fingerprint density at radius 2 is 2.10 bits per heavy atom. The summed E-state index contributed by atoms with van der Waals surface area (Å²) in [6.07, 6.45) is 1.17. The topological polar surface area (TPSA) is 81.5 Å². The fraction of sp³-hybridized carbons (Fsp3) is 0.538. The Balaban J connectivity index is 2.71. The third-order valence-corrected chi connectivity index (χ3v) is 2.74. The molecular weight excluding hydrogens is 262 g/mol. The number of aromatic nitrogens is 2. The Hall–Kier alpha value is -2.18. The molecule has 0 amide bonds. The van der Waals surface area contributed by atoms with Crippen LogP contribution in [0.5, 0.6) is 0 Å². The summed E-state index contributed by atoms with van der Waals surface area (Å²) in [5, 5.41) is 3.93. The zero-order valence-corrected chi connectivity index (χ0v) is 12.0. The number of rotatable bonds is 7. The van der Waals surface area contributed by atoms with Crippen LogP contribution in [0.25, 0.3) is 0 Å². The second-order valence-electron chi connectivity index (χ2n) is 4.24. The van der Waals surface area contributed by atoms with E-state index in [1.807, 2.05) is 18.9 Å². The molecule has 1 rings (SSSR count). The molecule has 0 aliphatic heterocycles. The maximum Gasteiger partial charge on any atom is 0.313 e. The van der Waals surface area contributed by atoms with Gasteiger partial charge in [-0.15, -0.1) is 0 Å². The summed E-state index contributed by atoms with van der Waals surface area (Å²) in [5.74, 6) is -0.998. The van der Waals surface area contributed by atoms with Crippen LogP contribution in [0.15, 0.2) is 17.1 Å². The molecule has 0 atom stereocenters. The van der Waals surface area contributed by atoms with Crippen molar-refractivity contribution in [2.75, 3.05) is 25.1 Å². The molecule has 1 aromatic heterocycles. The van der Waals surface area contributed by atoms with Crippen LogP contribution in [0.2, 0.25) is 0 Å². The molecule has 0 saturated heterocycles. The van der Waals surface area contributed by atoms with Gasteiger partial charge in [0.1, 0.15) is 13.0 Å². The second-order valence-corrected chi connectivity index (χ2v) is 4.24. The van der Waals surface area contributed by atoms with Gasteiger partial charge in [0, 0.05) is 19.7 Å². The first-order valence-electron chi connectivity index (χ1n) is 6.43. The number of esters is 1. The van der Waals surface area contributed by atoms with Crippen LogP contribution < -0.4 is 10.5 Å². The van der Waals surface area contributed by atoms with Crippen molar-refractivity contribution in [2.24, 2.45) is 0 Å². The minimum absolute atomic E-state index is 0.225. The Morgan fingerprint density at radius 1 is 1.40 bits per heavy atom. The van der Waals surface area contributed by atoms with E-state index in [4.69, 9.17) is 0 Å². The molecule has 0 unspecified atom stereocenters. The van der Waals surface area contributed by atoms with Gasteiger partial charge in [0.15, 0.2) is 5.78 Å². The van der Waals surface area contributed by atoms with Gasteiger partial charge in [0.05, 0.1) is 18.5 Å². The molecule has 0 fully saturated rings. The number of ketones is 1. The van der Waals surface area contributed by atoms with Crippen molar-refractivity contribution < 1.29 is 14.3 Å². The van der Waals surface area contributed by atoms with Gasteiger partial charge in [-0.25, -0.2) is 4.68 Å². The van der Waals surface area contributed by atoms with E-state index in [1.165, 1.54) is 12.3 Å². The van der Waals surface area contributed by atoms with Gasteiger partial charge in [0.2, 0.25) is 0 Å². The molecule has 0 radical (unpaired) electrons. The Kier molecular flexibility index (Phi) is 5.89. The van der Waals surface area contributed by atoms with Crippen LogP contribution in [0.3, 0.4) is 0 Å². The number of carbonyl (C=O) groups excluding carboxylic acids is 2. The fourth-order valence-corrected chi connectivity index (χ4v) is 1.53. The summed E-state index contributed by atoms with van der Waals surface area (Å²) < 4.78 is 5.71. The zero-order chi connectivity index (χ0) is 15.1. The average molecular weight is 281 g/mol. The molecule has 1 aromatic rings. The molecule has 0 aliphatic carbocycles. The number of ether oxygens (including phenoxy) is 1. The van der Waals surface area contributed by atoms with Crippen molar-refractivity contribution in [3.63, 3.8) is 0 Å². The van der Waals surface area contributed by atoms with Gasteiger partial charge < -0.3 is 9.64 Å². The van der Waals surface area contributed by atoms with Crippen LogP contribution in [0.4, 0.5) is 5.69 Å². The molecule has 0 bridgehead atoms. The van der Waals surface area contributed by atoms with Crippen molar-refractivity contribution in [1.29, 1.82) is 0 Å². The minimum atomic E-state index is -0.590. The highest BCUT2D eigenvalue weighted by Gasteiger charge is 2.12. The molecule has 0 N–H and O–H groups in total. The molecule has 0 saturated carbocycles. The predicted molar refractivity (Wildman–Crippen MR) is 73.7 cm³/mol. The van der Waals surface area contributed by atoms with E-state index in [9.17, 15) is 14.4 Å². The summed E-state index contributed by atoms with van der Waals surface area (Å²) in [5.41, 5.74) is 0.312. The molecule has 7 nitrogen and oxygen atoms in total. The zero-order valence-electron chi connectivity index (χ0n) is 12.0. The van der Waals surface area contributed by atoms with Crippen molar-refractivity contribution in [3.8, 4) is 0 Å². The lowest BCUT2D eigenvalue weighted by molar-refractivity contribution is -0.145. The molecule has 20 heavy (non-hydrogen) atoms. The smallest absolute Gasteiger partial charge is 0.313 e. The number of nitrogens with zero attached hydrogens (tertiary/aromatic N) is 3. The normalized spacial score (nSPS) is 10.2. The first-order chi connectivity index (χ1) is 9.47. The van der Waals surface area contributed by atoms with Crippen molar-refractivity contribution in [3.05, 3.63) is 22.6 Å². The highest BCUT2D eigenvalue weighted by molar-refractivity contribution is 5.95. The summed E-state index contributed by atoms with van der Waals surface area (Å²) in [7, 11) is 1.84. The van der Waals surface area contributed by atoms with Gasteiger partial charge in [-0.2, -0.15) is 5.10 Å². The second kappa shape index (κ2) is 7.42. The highest BCUT2D eigenvalue weighted by atomic mass is 16.5. The van der Waals surface area contributed by atoms with Gasteiger partial charge >= 0.3 is 5.97 Å². The molecule has 0 spiro atoms. The van der Waals surface area contributed by atoms with Crippen LogP contribution in [-0.4, -0.2) is 41.7 Å². The molecule has 0 aliphatic rings. The van der Waals surface area contributed by atoms with E-state index in [2.05, 4.69) is 9.84 Å². The maximum atomic E-state index is 11.8. The average Bonchev–Trinajstić information content (AvgIpc) is 2.40. The molecule has 0 aromatic carbocycles. The molecule has 7 heteroatoms. The first kappa shape index (κ1) is 15.9. The van der Waals surface area contributed by atoms with Crippen molar-refractivity contribution in [2.45, 2.75) is 26.8 Å². The fourth-order valence-electron chi connectivity index (χ4n) is 1.53. The minimum Gasteiger partial charge on any atom is -0.466 e. The van der Waals surface area contributed by atoms with E-state index in [0.29, 0.717) is 5.69 Å². The maximum absolute atomic E-state index is 11.8. The van der Waals surface area contributed by atoms with Gasteiger partial charge in [0.25, 0.3) is 5.56 Å². The van der Waals surface area contributed by atoms with Crippen LogP contribution in [-0.2, 0) is 20.9 Å².